The molecule has 2 heterocycles. The van der Waals surface area contributed by atoms with Crippen molar-refractivity contribution in [3.63, 3.8) is 0 Å². The van der Waals surface area contributed by atoms with Crippen LogP contribution in [0.5, 0.6) is 0 Å². The van der Waals surface area contributed by atoms with Crippen LogP contribution in [0.1, 0.15) is 44.1 Å². The molecule has 1 aromatic rings. The topological polar surface area (TPSA) is 69.8 Å². The summed E-state index contributed by atoms with van der Waals surface area (Å²) in [6.07, 6.45) is 9.97. The summed E-state index contributed by atoms with van der Waals surface area (Å²) >= 11 is 0. The number of aromatic nitrogens is 2. The van der Waals surface area contributed by atoms with E-state index in [2.05, 4.69) is 20.8 Å². The first-order valence-corrected chi connectivity index (χ1v) is 7.36. The van der Waals surface area contributed by atoms with Gasteiger partial charge in [-0.2, -0.15) is 5.10 Å². The van der Waals surface area contributed by atoms with E-state index in [1.54, 1.807) is 0 Å². The Labute approximate surface area is 112 Å². The Balaban J connectivity index is 1.42. The van der Waals surface area contributed by atoms with E-state index in [0.29, 0.717) is 11.5 Å². The van der Waals surface area contributed by atoms with Crippen molar-refractivity contribution in [1.82, 2.24) is 15.5 Å². The third-order valence-electron chi connectivity index (χ3n) is 5.17. The van der Waals surface area contributed by atoms with Gasteiger partial charge in [0.05, 0.1) is 6.20 Å². The monoisotopic (exact) mass is 260 g/mol. The van der Waals surface area contributed by atoms with Gasteiger partial charge in [0.25, 0.3) is 0 Å². The summed E-state index contributed by atoms with van der Waals surface area (Å²) in [5.74, 6) is 1.08. The molecule has 2 atom stereocenters. The van der Waals surface area contributed by atoms with Crippen LogP contribution in [0, 0.1) is 5.41 Å². The van der Waals surface area contributed by atoms with Crippen molar-refractivity contribution < 1.29 is 4.79 Å². The second-order valence-corrected chi connectivity index (χ2v) is 6.32. The molecular formula is C14H20N4O. The number of fused-ring (bicyclic) bond motifs is 1. The summed E-state index contributed by atoms with van der Waals surface area (Å²) in [4.78, 5) is 12.4. The third kappa shape index (κ3) is 1.83. The lowest BCUT2D eigenvalue weighted by Crippen LogP contribution is -2.47. The van der Waals surface area contributed by atoms with E-state index in [4.69, 9.17) is 0 Å². The van der Waals surface area contributed by atoms with E-state index < -0.39 is 0 Å². The van der Waals surface area contributed by atoms with Crippen LogP contribution in [0.15, 0.2) is 6.20 Å². The van der Waals surface area contributed by atoms with Crippen molar-refractivity contribution in [2.45, 2.75) is 57.0 Å². The first-order valence-electron chi connectivity index (χ1n) is 7.36. The minimum atomic E-state index is -0.107. The lowest BCUT2D eigenvalue weighted by molar-refractivity contribution is -0.123. The highest BCUT2D eigenvalue weighted by Gasteiger charge is 2.52. The Morgan fingerprint density at radius 3 is 3.11 bits per heavy atom. The first kappa shape index (κ1) is 11.3. The number of carbonyl (C=O) groups excluding carboxylic acids is 1. The van der Waals surface area contributed by atoms with Gasteiger partial charge in [0.15, 0.2) is 0 Å². The second kappa shape index (κ2) is 3.99. The van der Waals surface area contributed by atoms with E-state index in [-0.39, 0.29) is 11.9 Å². The molecule has 19 heavy (non-hydrogen) atoms. The molecule has 2 fully saturated rings. The predicted octanol–water partition coefficient (Wildman–Crippen LogP) is 1.59. The predicted molar refractivity (Wildman–Crippen MR) is 71.8 cm³/mol. The molecule has 5 nitrogen and oxygen atoms in total. The first-order chi connectivity index (χ1) is 9.27. The molecule has 2 saturated carbocycles. The van der Waals surface area contributed by atoms with Crippen molar-refractivity contribution >= 4 is 11.7 Å². The number of aryl methyl sites for hydroxylation is 1. The zero-order chi connectivity index (χ0) is 12.9. The van der Waals surface area contributed by atoms with Crippen molar-refractivity contribution in [2.24, 2.45) is 5.41 Å². The van der Waals surface area contributed by atoms with Crippen LogP contribution in [0.4, 0.5) is 5.82 Å². The zero-order valence-corrected chi connectivity index (χ0v) is 11.0. The molecule has 3 N–H and O–H groups in total. The number of anilines is 1. The number of nitrogens with zero attached hydrogens (tertiary/aromatic N) is 1. The number of carbonyl (C=O) groups is 1. The molecular weight excluding hydrogens is 240 g/mol. The second-order valence-electron chi connectivity index (χ2n) is 6.32. The van der Waals surface area contributed by atoms with Crippen molar-refractivity contribution in [2.75, 3.05) is 5.32 Å². The quantitative estimate of drug-likeness (QED) is 0.756. The van der Waals surface area contributed by atoms with Gasteiger partial charge in [-0.25, -0.2) is 0 Å². The number of rotatable bonds is 2. The molecule has 5 heteroatoms. The van der Waals surface area contributed by atoms with Crippen LogP contribution >= 0.6 is 0 Å². The molecule has 0 aromatic carbocycles. The number of H-pyrrole nitrogens is 1. The van der Waals surface area contributed by atoms with Gasteiger partial charge in [0, 0.05) is 11.6 Å². The fourth-order valence-electron chi connectivity index (χ4n) is 3.76. The standard InChI is InChI=1S/C14H20N4O/c19-13(17-11-2-1-5-14(11)6-7-14)10-4-3-9-8-15-18-12(9)16-10/h8,10-11H,1-7H2,(H,17,19)(H2,15,16,18). The summed E-state index contributed by atoms with van der Waals surface area (Å²) in [7, 11) is 0. The lowest BCUT2D eigenvalue weighted by atomic mass is 9.98. The van der Waals surface area contributed by atoms with Gasteiger partial charge in [-0.3, -0.25) is 9.89 Å². The molecule has 3 aliphatic rings. The third-order valence-corrected chi connectivity index (χ3v) is 5.17. The van der Waals surface area contributed by atoms with Crippen LogP contribution in [0.3, 0.4) is 0 Å². The molecule has 2 aliphatic carbocycles. The van der Waals surface area contributed by atoms with Gasteiger partial charge in [0.2, 0.25) is 5.91 Å². The van der Waals surface area contributed by atoms with Gasteiger partial charge in [-0.15, -0.1) is 0 Å². The molecule has 1 aliphatic heterocycles. The molecule has 4 rings (SSSR count). The average molecular weight is 260 g/mol. The van der Waals surface area contributed by atoms with E-state index >= 15 is 0 Å². The SMILES string of the molecule is O=C(NC1CCCC12CC2)C1CCc2cn[nH]c2N1. The maximum absolute atomic E-state index is 12.4. The van der Waals surface area contributed by atoms with Gasteiger partial charge in [-0.1, -0.05) is 6.42 Å². The lowest BCUT2D eigenvalue weighted by Gasteiger charge is -2.27. The number of hydrogen-bond acceptors (Lipinski definition) is 3. The minimum absolute atomic E-state index is 0.107. The number of hydrogen-bond donors (Lipinski definition) is 3. The average Bonchev–Trinajstić information content (AvgIpc) is 2.88. The molecule has 1 amide bonds. The van der Waals surface area contributed by atoms with E-state index in [9.17, 15) is 4.79 Å². The Bertz CT molecular complexity index is 505. The van der Waals surface area contributed by atoms with Gasteiger partial charge >= 0.3 is 0 Å². The molecule has 0 bridgehead atoms. The number of aromatic amines is 1. The van der Waals surface area contributed by atoms with Crippen LogP contribution in [0.25, 0.3) is 0 Å². The van der Waals surface area contributed by atoms with Crippen molar-refractivity contribution in [3.8, 4) is 0 Å². The summed E-state index contributed by atoms with van der Waals surface area (Å²) in [6, 6.07) is 0.314. The summed E-state index contributed by atoms with van der Waals surface area (Å²) in [6.45, 7) is 0. The zero-order valence-electron chi connectivity index (χ0n) is 11.0. The molecule has 1 spiro atoms. The fraction of sp³-hybridized carbons (Fsp3) is 0.714. The van der Waals surface area contributed by atoms with Gasteiger partial charge in [-0.05, 0) is 43.9 Å². The summed E-state index contributed by atoms with van der Waals surface area (Å²) in [5.41, 5.74) is 1.66. The normalized spacial score (nSPS) is 30.7. The highest BCUT2D eigenvalue weighted by Crippen LogP contribution is 2.57. The Morgan fingerprint density at radius 1 is 1.37 bits per heavy atom. The van der Waals surface area contributed by atoms with Gasteiger partial charge < -0.3 is 10.6 Å². The highest BCUT2D eigenvalue weighted by atomic mass is 16.2. The summed E-state index contributed by atoms with van der Waals surface area (Å²) in [5, 5.41) is 13.5. The Kier molecular flexibility index (Phi) is 2.37. The number of nitrogens with one attached hydrogen (secondary N) is 3. The van der Waals surface area contributed by atoms with Crippen LogP contribution in [0.2, 0.25) is 0 Å². The smallest absolute Gasteiger partial charge is 0.242 e. The van der Waals surface area contributed by atoms with E-state index in [1.807, 2.05) is 6.20 Å². The molecule has 0 radical (unpaired) electrons. The molecule has 102 valence electrons. The Hall–Kier alpha value is -1.52. The van der Waals surface area contributed by atoms with Crippen LogP contribution in [-0.4, -0.2) is 28.2 Å². The fourth-order valence-corrected chi connectivity index (χ4v) is 3.76. The van der Waals surface area contributed by atoms with Crippen LogP contribution in [-0.2, 0) is 11.2 Å². The van der Waals surface area contributed by atoms with Crippen LogP contribution < -0.4 is 10.6 Å². The van der Waals surface area contributed by atoms with E-state index in [1.165, 1.54) is 31.2 Å². The van der Waals surface area contributed by atoms with Crippen molar-refractivity contribution in [3.05, 3.63) is 11.8 Å². The largest absolute Gasteiger partial charge is 0.359 e. The summed E-state index contributed by atoms with van der Waals surface area (Å²) < 4.78 is 0. The minimum Gasteiger partial charge on any atom is -0.359 e. The van der Waals surface area contributed by atoms with E-state index in [0.717, 1.165) is 25.1 Å². The maximum atomic E-state index is 12.4. The van der Waals surface area contributed by atoms with Crippen molar-refractivity contribution in [1.29, 1.82) is 0 Å². The number of amides is 1. The highest BCUT2D eigenvalue weighted by molar-refractivity contribution is 5.85. The maximum Gasteiger partial charge on any atom is 0.242 e. The van der Waals surface area contributed by atoms with Gasteiger partial charge in [0.1, 0.15) is 11.9 Å². The molecule has 0 saturated heterocycles. The molecule has 1 aromatic heterocycles. The Morgan fingerprint density at radius 2 is 2.26 bits per heavy atom. The molecule has 2 unspecified atom stereocenters.